The van der Waals surface area contributed by atoms with E-state index in [1.54, 1.807) is 0 Å². The third-order valence-electron chi connectivity index (χ3n) is 4.05. The number of hydrogen-bond donors (Lipinski definition) is 0. The molecule has 2 nitrogen and oxygen atoms in total. The Kier molecular flexibility index (Phi) is 7.20. The van der Waals surface area contributed by atoms with Crippen molar-refractivity contribution in [3.8, 4) is 0 Å². The molecule has 3 heteroatoms. The SMILES string of the molecule is C=C(c1ccc([SiH3])cc1)C(N(CC)CC)N(CC)CC. The van der Waals surface area contributed by atoms with Gasteiger partial charge in [-0.05, 0) is 37.3 Å². The molecule has 0 saturated heterocycles. The summed E-state index contributed by atoms with van der Waals surface area (Å²) in [5, 5.41) is 1.43. The molecule has 1 aromatic rings. The Balaban J connectivity index is 3.08. The minimum atomic E-state index is 0.306. The first-order valence-corrected chi connectivity index (χ1v) is 8.82. The lowest BCUT2D eigenvalue weighted by Gasteiger charge is -2.39. The van der Waals surface area contributed by atoms with Gasteiger partial charge in [0.05, 0.1) is 6.17 Å². The van der Waals surface area contributed by atoms with Crippen molar-refractivity contribution in [3.05, 3.63) is 36.4 Å². The summed E-state index contributed by atoms with van der Waals surface area (Å²) < 4.78 is 0. The van der Waals surface area contributed by atoms with Crippen LogP contribution in [-0.2, 0) is 0 Å². The van der Waals surface area contributed by atoms with Crippen LogP contribution in [0.3, 0.4) is 0 Å². The lowest BCUT2D eigenvalue weighted by atomic mass is 10.0. The van der Waals surface area contributed by atoms with Gasteiger partial charge < -0.3 is 0 Å². The second-order valence-corrected chi connectivity index (χ2v) is 6.36. The fraction of sp³-hybridized carbons (Fsp3) is 0.529. The van der Waals surface area contributed by atoms with Crippen LogP contribution in [0.1, 0.15) is 33.3 Å². The lowest BCUT2D eigenvalue weighted by molar-refractivity contribution is 0.100. The van der Waals surface area contributed by atoms with Crippen molar-refractivity contribution in [3.63, 3.8) is 0 Å². The highest BCUT2D eigenvalue weighted by Gasteiger charge is 2.24. The second-order valence-electron chi connectivity index (χ2n) is 5.21. The van der Waals surface area contributed by atoms with Crippen LogP contribution in [-0.4, -0.2) is 52.4 Å². The molecule has 0 spiro atoms. The Hall–Kier alpha value is -0.903. The molecule has 0 heterocycles. The maximum atomic E-state index is 4.42. The Morgan fingerprint density at radius 2 is 1.35 bits per heavy atom. The number of nitrogens with zero attached hydrogens (tertiary/aromatic N) is 2. The zero-order chi connectivity index (χ0) is 15.1. The van der Waals surface area contributed by atoms with Crippen LogP contribution in [0.25, 0.3) is 5.57 Å². The van der Waals surface area contributed by atoms with Gasteiger partial charge >= 0.3 is 0 Å². The maximum absolute atomic E-state index is 4.42. The first kappa shape index (κ1) is 17.1. The molecule has 112 valence electrons. The monoisotopic (exact) mass is 290 g/mol. The predicted molar refractivity (Wildman–Crippen MR) is 94.7 cm³/mol. The van der Waals surface area contributed by atoms with Gasteiger partial charge in [0.25, 0.3) is 0 Å². The number of hydrogen-bond acceptors (Lipinski definition) is 2. The van der Waals surface area contributed by atoms with Crippen LogP contribution in [0.15, 0.2) is 30.8 Å². The Labute approximate surface area is 127 Å². The third kappa shape index (κ3) is 4.04. The zero-order valence-electron chi connectivity index (χ0n) is 13.8. The van der Waals surface area contributed by atoms with Gasteiger partial charge in [0, 0.05) is 10.2 Å². The van der Waals surface area contributed by atoms with Crippen LogP contribution in [0.4, 0.5) is 0 Å². The summed E-state index contributed by atoms with van der Waals surface area (Å²) >= 11 is 0. The standard InChI is InChI=1S/C17H30N2Si/c1-6-18(7-2)17(19(8-3)9-4)14(5)15-10-12-16(20)13-11-15/h10-13,17H,5-9H2,1-4,20H3. The first-order chi connectivity index (χ1) is 9.58. The predicted octanol–water partition coefficient (Wildman–Crippen LogP) is 1.70. The summed E-state index contributed by atoms with van der Waals surface area (Å²) in [5.74, 6) is 0. The van der Waals surface area contributed by atoms with Crippen molar-refractivity contribution in [2.45, 2.75) is 33.9 Å². The molecule has 0 unspecified atom stereocenters. The summed E-state index contributed by atoms with van der Waals surface area (Å²) in [7, 11) is 1.11. The summed E-state index contributed by atoms with van der Waals surface area (Å²) in [6.07, 6.45) is 0.306. The van der Waals surface area contributed by atoms with Crippen LogP contribution in [0, 0.1) is 0 Å². The van der Waals surface area contributed by atoms with Gasteiger partial charge in [-0.25, -0.2) is 0 Å². The Bertz CT molecular complexity index is 394. The quantitative estimate of drug-likeness (QED) is 0.531. The molecule has 0 aromatic heterocycles. The molecular weight excluding hydrogens is 260 g/mol. The van der Waals surface area contributed by atoms with E-state index >= 15 is 0 Å². The topological polar surface area (TPSA) is 6.48 Å². The molecule has 0 radical (unpaired) electrons. The summed E-state index contributed by atoms with van der Waals surface area (Å²) in [6, 6.07) is 8.91. The van der Waals surface area contributed by atoms with Crippen molar-refractivity contribution < 1.29 is 0 Å². The molecular formula is C17H30N2Si. The average molecular weight is 291 g/mol. The maximum Gasteiger partial charge on any atom is 0.0885 e. The van der Waals surface area contributed by atoms with Gasteiger partial charge in [0.2, 0.25) is 0 Å². The molecule has 0 aliphatic carbocycles. The Morgan fingerprint density at radius 3 is 1.70 bits per heavy atom. The Morgan fingerprint density at radius 1 is 0.950 bits per heavy atom. The van der Waals surface area contributed by atoms with E-state index in [4.69, 9.17) is 0 Å². The summed E-state index contributed by atoms with van der Waals surface area (Å²) in [4.78, 5) is 4.98. The van der Waals surface area contributed by atoms with Crippen molar-refractivity contribution >= 4 is 21.0 Å². The zero-order valence-corrected chi connectivity index (χ0v) is 15.8. The summed E-state index contributed by atoms with van der Waals surface area (Å²) in [5.41, 5.74) is 2.49. The highest BCUT2D eigenvalue weighted by atomic mass is 28.1. The van der Waals surface area contributed by atoms with Crippen molar-refractivity contribution in [1.82, 2.24) is 9.80 Å². The van der Waals surface area contributed by atoms with E-state index < -0.39 is 0 Å². The van der Waals surface area contributed by atoms with Crippen molar-refractivity contribution in [2.24, 2.45) is 0 Å². The second kappa shape index (κ2) is 8.40. The molecule has 0 atom stereocenters. The van der Waals surface area contributed by atoms with Crippen molar-refractivity contribution in [1.29, 1.82) is 0 Å². The highest BCUT2D eigenvalue weighted by molar-refractivity contribution is 6.32. The molecule has 0 aliphatic heterocycles. The smallest absolute Gasteiger partial charge is 0.0885 e. The molecule has 0 amide bonds. The van der Waals surface area contributed by atoms with Crippen LogP contribution >= 0.6 is 0 Å². The number of benzene rings is 1. The van der Waals surface area contributed by atoms with Crippen LogP contribution in [0.5, 0.6) is 0 Å². The van der Waals surface area contributed by atoms with Gasteiger partial charge in [-0.15, -0.1) is 0 Å². The van der Waals surface area contributed by atoms with E-state index in [1.165, 1.54) is 16.3 Å². The molecule has 0 aliphatic rings. The average Bonchev–Trinajstić information content (AvgIpc) is 2.48. The van der Waals surface area contributed by atoms with E-state index in [1.807, 2.05) is 0 Å². The van der Waals surface area contributed by atoms with Crippen molar-refractivity contribution in [2.75, 3.05) is 26.2 Å². The van der Waals surface area contributed by atoms with Crippen LogP contribution < -0.4 is 5.19 Å². The largest absolute Gasteiger partial charge is 0.285 e. The molecule has 0 bridgehead atoms. The van der Waals surface area contributed by atoms with Gasteiger partial charge in [-0.3, -0.25) is 9.80 Å². The number of likely N-dealkylation sites (N-methyl/N-ethyl adjacent to an activating group) is 2. The number of rotatable bonds is 8. The normalized spacial score (nSPS) is 11.8. The van der Waals surface area contributed by atoms with Crippen LogP contribution in [0.2, 0.25) is 0 Å². The van der Waals surface area contributed by atoms with E-state index in [0.717, 1.165) is 36.4 Å². The van der Waals surface area contributed by atoms with Gasteiger partial charge in [0.1, 0.15) is 0 Å². The lowest BCUT2D eigenvalue weighted by Crippen LogP contribution is -2.48. The van der Waals surface area contributed by atoms with E-state index in [2.05, 4.69) is 68.3 Å². The molecule has 0 fully saturated rings. The highest BCUT2D eigenvalue weighted by Crippen LogP contribution is 2.23. The molecule has 1 aromatic carbocycles. The van der Waals surface area contributed by atoms with E-state index in [-0.39, 0.29) is 0 Å². The first-order valence-electron chi connectivity index (χ1n) is 7.82. The van der Waals surface area contributed by atoms with E-state index in [9.17, 15) is 0 Å². The minimum absolute atomic E-state index is 0.306. The fourth-order valence-electron chi connectivity index (χ4n) is 2.73. The minimum Gasteiger partial charge on any atom is -0.285 e. The molecule has 1 rings (SSSR count). The van der Waals surface area contributed by atoms with Gasteiger partial charge in [0.15, 0.2) is 0 Å². The molecule has 0 saturated carbocycles. The van der Waals surface area contributed by atoms with Gasteiger partial charge in [-0.2, -0.15) is 0 Å². The molecule has 0 N–H and O–H groups in total. The summed E-state index contributed by atoms with van der Waals surface area (Å²) in [6.45, 7) is 17.5. The third-order valence-corrected chi connectivity index (χ3v) is 4.72. The fourth-order valence-corrected chi connectivity index (χ4v) is 3.06. The molecule has 20 heavy (non-hydrogen) atoms. The van der Waals surface area contributed by atoms with Gasteiger partial charge in [-0.1, -0.05) is 63.7 Å². The van der Waals surface area contributed by atoms with E-state index in [0.29, 0.717) is 6.17 Å².